The van der Waals surface area contributed by atoms with Crippen LogP contribution in [0.15, 0.2) is 5.03 Å². The molecule has 19 heavy (non-hydrogen) atoms. The molecule has 1 aliphatic rings. The summed E-state index contributed by atoms with van der Waals surface area (Å²) in [7, 11) is 1.85. The third-order valence-corrected chi connectivity index (χ3v) is 3.98. The molecular formula is C13H19N3O2S. The van der Waals surface area contributed by atoms with Crippen LogP contribution in [0.3, 0.4) is 0 Å². The van der Waals surface area contributed by atoms with Crippen molar-refractivity contribution in [1.29, 1.82) is 0 Å². The predicted octanol–water partition coefficient (Wildman–Crippen LogP) is 2.36. The maximum absolute atomic E-state index is 11.4. The second-order valence-electron chi connectivity index (χ2n) is 4.48. The Morgan fingerprint density at radius 2 is 2.21 bits per heavy atom. The lowest BCUT2D eigenvalue weighted by atomic mass is 10.3. The minimum atomic E-state index is -0.204. The number of hydrogen-bond acceptors (Lipinski definition) is 6. The molecule has 6 heteroatoms. The highest BCUT2D eigenvalue weighted by atomic mass is 32.2. The smallest absolute Gasteiger partial charge is 0.316 e. The number of nitrogens with one attached hydrogen (secondary N) is 1. The summed E-state index contributed by atoms with van der Waals surface area (Å²) in [6.45, 7) is 4.19. The Morgan fingerprint density at radius 3 is 2.79 bits per heavy atom. The van der Waals surface area contributed by atoms with E-state index in [1.807, 2.05) is 20.9 Å². The summed E-state index contributed by atoms with van der Waals surface area (Å²) < 4.78 is 4.93. The number of anilines is 1. The van der Waals surface area contributed by atoms with E-state index in [9.17, 15) is 4.79 Å². The lowest BCUT2D eigenvalue weighted by molar-refractivity contribution is -0.139. The lowest BCUT2D eigenvalue weighted by Gasteiger charge is -2.11. The number of rotatable bonds is 6. The van der Waals surface area contributed by atoms with Gasteiger partial charge < -0.3 is 10.1 Å². The van der Waals surface area contributed by atoms with Crippen molar-refractivity contribution in [2.75, 3.05) is 24.7 Å². The average Bonchev–Trinajstić information content (AvgIpc) is 3.22. The summed E-state index contributed by atoms with van der Waals surface area (Å²) in [4.78, 5) is 20.5. The fourth-order valence-corrected chi connectivity index (χ4v) is 2.56. The van der Waals surface area contributed by atoms with Crippen molar-refractivity contribution in [2.24, 2.45) is 0 Å². The fraction of sp³-hybridized carbons (Fsp3) is 0.615. The van der Waals surface area contributed by atoms with E-state index < -0.39 is 0 Å². The first kappa shape index (κ1) is 14.1. The molecule has 0 amide bonds. The van der Waals surface area contributed by atoms with Gasteiger partial charge in [0.1, 0.15) is 16.7 Å². The zero-order valence-electron chi connectivity index (χ0n) is 11.5. The monoisotopic (exact) mass is 281 g/mol. The fourth-order valence-electron chi connectivity index (χ4n) is 1.75. The van der Waals surface area contributed by atoms with Gasteiger partial charge in [0, 0.05) is 18.5 Å². The molecule has 0 bridgehead atoms. The van der Waals surface area contributed by atoms with Crippen LogP contribution < -0.4 is 5.32 Å². The Morgan fingerprint density at radius 1 is 1.47 bits per heavy atom. The minimum Gasteiger partial charge on any atom is -0.465 e. The van der Waals surface area contributed by atoms with Crippen molar-refractivity contribution in [1.82, 2.24) is 9.97 Å². The third-order valence-electron chi connectivity index (χ3n) is 2.93. The van der Waals surface area contributed by atoms with E-state index in [1.165, 1.54) is 11.8 Å². The number of carbonyl (C=O) groups is 1. The quantitative estimate of drug-likeness (QED) is 0.490. The molecular weight excluding hydrogens is 262 g/mol. The van der Waals surface area contributed by atoms with E-state index in [0.29, 0.717) is 18.3 Å². The Labute approximate surface area is 117 Å². The summed E-state index contributed by atoms with van der Waals surface area (Å²) >= 11 is 1.42. The summed E-state index contributed by atoms with van der Waals surface area (Å²) in [5, 5.41) is 3.96. The molecule has 1 aromatic rings. The third kappa shape index (κ3) is 3.59. The van der Waals surface area contributed by atoms with Crippen LogP contribution in [0.2, 0.25) is 0 Å². The highest BCUT2D eigenvalue weighted by Crippen LogP contribution is 2.39. The Bertz CT molecular complexity index is 475. The summed E-state index contributed by atoms with van der Waals surface area (Å²) in [6.07, 6.45) is 2.32. The number of nitrogens with zero attached hydrogens (tertiary/aromatic N) is 2. The maximum Gasteiger partial charge on any atom is 0.316 e. The topological polar surface area (TPSA) is 64.1 Å². The lowest BCUT2D eigenvalue weighted by Crippen LogP contribution is -2.09. The van der Waals surface area contributed by atoms with Crippen LogP contribution in [0.5, 0.6) is 0 Å². The van der Waals surface area contributed by atoms with Crippen LogP contribution in [-0.2, 0) is 9.53 Å². The molecule has 0 radical (unpaired) electrons. The molecule has 0 unspecified atom stereocenters. The highest BCUT2D eigenvalue weighted by molar-refractivity contribution is 7.99. The van der Waals surface area contributed by atoms with Gasteiger partial charge in [0.05, 0.1) is 12.4 Å². The molecule has 0 aliphatic heterocycles. The van der Waals surface area contributed by atoms with Crippen LogP contribution in [-0.4, -0.2) is 35.3 Å². The van der Waals surface area contributed by atoms with E-state index in [-0.39, 0.29) is 5.97 Å². The molecule has 1 fully saturated rings. The molecule has 5 nitrogen and oxygen atoms in total. The van der Waals surface area contributed by atoms with E-state index in [4.69, 9.17) is 4.74 Å². The largest absolute Gasteiger partial charge is 0.465 e. The number of hydrogen-bond donors (Lipinski definition) is 1. The second kappa shape index (κ2) is 6.23. The first-order valence-corrected chi connectivity index (χ1v) is 7.49. The van der Waals surface area contributed by atoms with Crippen molar-refractivity contribution in [2.45, 2.75) is 37.6 Å². The zero-order chi connectivity index (χ0) is 13.8. The van der Waals surface area contributed by atoms with Gasteiger partial charge in [-0.15, -0.1) is 0 Å². The molecule has 1 N–H and O–H groups in total. The van der Waals surface area contributed by atoms with Crippen molar-refractivity contribution in [3.63, 3.8) is 0 Å². The van der Waals surface area contributed by atoms with E-state index >= 15 is 0 Å². The average molecular weight is 281 g/mol. The predicted molar refractivity (Wildman–Crippen MR) is 75.6 cm³/mol. The van der Waals surface area contributed by atoms with Gasteiger partial charge in [-0.2, -0.15) is 0 Å². The van der Waals surface area contributed by atoms with Crippen LogP contribution in [0.25, 0.3) is 0 Å². The van der Waals surface area contributed by atoms with Crippen LogP contribution in [0.4, 0.5) is 5.82 Å². The second-order valence-corrected chi connectivity index (χ2v) is 5.44. The highest BCUT2D eigenvalue weighted by Gasteiger charge is 2.28. The summed E-state index contributed by atoms with van der Waals surface area (Å²) in [5.74, 6) is 2.32. The van der Waals surface area contributed by atoms with Crippen LogP contribution in [0, 0.1) is 6.92 Å². The van der Waals surface area contributed by atoms with Gasteiger partial charge in [-0.3, -0.25) is 4.79 Å². The SMILES string of the molecule is CCOC(=O)CSc1nc(C2CC2)nc(NC)c1C. The van der Waals surface area contributed by atoms with Crippen LogP contribution >= 0.6 is 11.8 Å². The molecule has 1 aliphatic carbocycles. The molecule has 0 aromatic carbocycles. The first-order chi connectivity index (χ1) is 9.15. The molecule has 0 spiro atoms. The number of ether oxygens (including phenoxy) is 1. The normalized spacial score (nSPS) is 14.3. The molecule has 2 rings (SSSR count). The summed E-state index contributed by atoms with van der Waals surface area (Å²) in [6, 6.07) is 0. The Kier molecular flexibility index (Phi) is 4.63. The molecule has 0 atom stereocenters. The van der Waals surface area contributed by atoms with Gasteiger partial charge in [0.25, 0.3) is 0 Å². The molecule has 104 valence electrons. The van der Waals surface area contributed by atoms with Gasteiger partial charge in [0.2, 0.25) is 0 Å². The summed E-state index contributed by atoms with van der Waals surface area (Å²) in [5.41, 5.74) is 0.987. The first-order valence-electron chi connectivity index (χ1n) is 6.50. The number of carbonyl (C=O) groups excluding carboxylic acids is 1. The molecule has 0 saturated heterocycles. The van der Waals surface area contributed by atoms with Crippen molar-refractivity contribution < 1.29 is 9.53 Å². The van der Waals surface area contributed by atoms with E-state index in [2.05, 4.69) is 15.3 Å². The Hall–Kier alpha value is -1.30. The minimum absolute atomic E-state index is 0.204. The molecule has 1 saturated carbocycles. The maximum atomic E-state index is 11.4. The van der Waals surface area contributed by atoms with Gasteiger partial charge in [-0.1, -0.05) is 11.8 Å². The van der Waals surface area contributed by atoms with Crippen molar-refractivity contribution in [3.8, 4) is 0 Å². The number of esters is 1. The molecule has 1 heterocycles. The standard InChI is InChI=1S/C13H19N3O2S/c1-4-18-10(17)7-19-13-8(2)11(14-3)15-12(16-13)9-5-6-9/h9H,4-7H2,1-3H3,(H,14,15,16). The van der Waals surface area contributed by atoms with Gasteiger partial charge in [0.15, 0.2) is 0 Å². The van der Waals surface area contributed by atoms with E-state index in [0.717, 1.165) is 35.1 Å². The number of thioether (sulfide) groups is 1. The zero-order valence-corrected chi connectivity index (χ0v) is 12.3. The van der Waals surface area contributed by atoms with Gasteiger partial charge in [-0.05, 0) is 26.7 Å². The van der Waals surface area contributed by atoms with Gasteiger partial charge >= 0.3 is 5.97 Å². The van der Waals surface area contributed by atoms with Crippen molar-refractivity contribution in [3.05, 3.63) is 11.4 Å². The van der Waals surface area contributed by atoms with Gasteiger partial charge in [-0.25, -0.2) is 9.97 Å². The molecule has 1 aromatic heterocycles. The Balaban J connectivity index is 2.13. The van der Waals surface area contributed by atoms with E-state index in [1.54, 1.807) is 0 Å². The van der Waals surface area contributed by atoms with Crippen molar-refractivity contribution >= 4 is 23.5 Å². The number of aromatic nitrogens is 2. The van der Waals surface area contributed by atoms with Crippen LogP contribution in [0.1, 0.15) is 37.1 Å².